The molecule has 0 aliphatic carbocycles. The van der Waals surface area contributed by atoms with E-state index in [0.717, 1.165) is 12.8 Å². The van der Waals surface area contributed by atoms with Crippen LogP contribution in [-0.2, 0) is 29.2 Å². The lowest BCUT2D eigenvalue weighted by molar-refractivity contribution is -0.150. The molecule has 8 heteroatoms. The molecule has 0 aromatic heterocycles. The van der Waals surface area contributed by atoms with Gasteiger partial charge in [-0.25, -0.2) is 8.42 Å². The van der Waals surface area contributed by atoms with Gasteiger partial charge in [-0.05, 0) is 12.8 Å². The Bertz CT molecular complexity index is 402. The molecule has 0 saturated carbocycles. The minimum absolute atomic E-state index is 0.0201. The Hall–Kier alpha value is -1.15. The number of esters is 2. The fraction of sp³-hybridized carbons (Fsp3) is 0.833. The first-order valence-corrected chi connectivity index (χ1v) is 8.07. The van der Waals surface area contributed by atoms with Crippen LogP contribution in [0.1, 0.15) is 46.0 Å². The van der Waals surface area contributed by atoms with Crippen LogP contribution in [0.3, 0.4) is 0 Å². The lowest BCUT2D eigenvalue weighted by Gasteiger charge is -2.18. The number of unbranched alkanes of at least 4 members (excludes halogenated alkanes) is 2. The van der Waals surface area contributed by atoms with Crippen LogP contribution in [0.2, 0.25) is 0 Å². The zero-order chi connectivity index (χ0) is 15.6. The monoisotopic (exact) mass is 309 g/mol. The molecule has 0 aromatic carbocycles. The van der Waals surface area contributed by atoms with Crippen molar-refractivity contribution >= 4 is 22.1 Å². The van der Waals surface area contributed by atoms with Gasteiger partial charge in [0.05, 0.1) is 19.6 Å². The van der Waals surface area contributed by atoms with E-state index in [0.29, 0.717) is 12.8 Å². The van der Waals surface area contributed by atoms with Crippen LogP contribution in [0.5, 0.6) is 0 Å². The average molecular weight is 309 g/mol. The highest BCUT2D eigenvalue weighted by Crippen LogP contribution is 2.09. The first-order chi connectivity index (χ1) is 9.32. The molecule has 20 heavy (non-hydrogen) atoms. The molecule has 0 spiro atoms. The molecule has 0 aliphatic heterocycles. The van der Waals surface area contributed by atoms with Gasteiger partial charge in [-0.1, -0.05) is 26.7 Å². The molecule has 0 fully saturated rings. The summed E-state index contributed by atoms with van der Waals surface area (Å²) < 4.78 is 42.4. The number of hydrogen-bond donors (Lipinski definition) is 0. The Balaban J connectivity index is 4.50. The van der Waals surface area contributed by atoms with Gasteiger partial charge >= 0.3 is 11.9 Å². The minimum atomic E-state index is -4.95. The summed E-state index contributed by atoms with van der Waals surface area (Å²) in [5.74, 6) is -2.09. The van der Waals surface area contributed by atoms with Crippen LogP contribution in [0.4, 0.5) is 0 Å². The second-order valence-corrected chi connectivity index (χ2v) is 5.84. The van der Waals surface area contributed by atoms with E-state index >= 15 is 0 Å². The van der Waals surface area contributed by atoms with Crippen LogP contribution >= 0.6 is 0 Å². The Morgan fingerprint density at radius 3 is 2.00 bits per heavy atom. The largest absolute Gasteiger partial charge is 0.747 e. The molecule has 0 saturated heterocycles. The van der Waals surface area contributed by atoms with Crippen molar-refractivity contribution in [3.63, 3.8) is 0 Å². The van der Waals surface area contributed by atoms with Gasteiger partial charge in [0.25, 0.3) is 0 Å². The van der Waals surface area contributed by atoms with Crippen molar-refractivity contribution in [3.05, 3.63) is 0 Å². The lowest BCUT2D eigenvalue weighted by atomic mass is 10.3. The third-order valence-corrected chi connectivity index (χ3v) is 3.52. The summed E-state index contributed by atoms with van der Waals surface area (Å²) >= 11 is 0. The first-order valence-electron chi connectivity index (χ1n) is 6.59. The van der Waals surface area contributed by atoms with Crippen LogP contribution in [0, 0.1) is 0 Å². The second kappa shape index (κ2) is 9.71. The highest BCUT2D eigenvalue weighted by Gasteiger charge is 2.30. The molecular formula is C12H21O7S-. The molecule has 0 aromatic rings. The molecule has 0 bridgehead atoms. The third kappa shape index (κ3) is 8.11. The van der Waals surface area contributed by atoms with Gasteiger partial charge in [-0.2, -0.15) is 0 Å². The van der Waals surface area contributed by atoms with Gasteiger partial charge in [0.15, 0.2) is 5.25 Å². The van der Waals surface area contributed by atoms with Gasteiger partial charge in [-0.15, -0.1) is 0 Å². The van der Waals surface area contributed by atoms with Crippen molar-refractivity contribution in [1.29, 1.82) is 0 Å². The summed E-state index contributed by atoms with van der Waals surface area (Å²) in [6.45, 7) is 3.91. The molecule has 118 valence electrons. The van der Waals surface area contributed by atoms with E-state index in [1.165, 1.54) is 0 Å². The predicted octanol–water partition coefficient (Wildman–Crippen LogP) is 0.977. The molecule has 0 heterocycles. The van der Waals surface area contributed by atoms with Crippen molar-refractivity contribution in [3.8, 4) is 0 Å². The predicted molar refractivity (Wildman–Crippen MR) is 69.8 cm³/mol. The Morgan fingerprint density at radius 1 is 1.05 bits per heavy atom. The van der Waals surface area contributed by atoms with Crippen LogP contribution in [-0.4, -0.2) is 43.4 Å². The van der Waals surface area contributed by atoms with E-state index in [4.69, 9.17) is 4.74 Å². The zero-order valence-electron chi connectivity index (χ0n) is 11.8. The Labute approximate surface area is 119 Å². The summed E-state index contributed by atoms with van der Waals surface area (Å²) in [5.41, 5.74) is 0. The fourth-order valence-electron chi connectivity index (χ4n) is 1.25. The molecule has 0 N–H and O–H groups in total. The van der Waals surface area contributed by atoms with Crippen LogP contribution in [0.25, 0.3) is 0 Å². The molecule has 0 rings (SSSR count). The molecule has 0 amide bonds. The Kier molecular flexibility index (Phi) is 9.15. The summed E-state index contributed by atoms with van der Waals surface area (Å²) in [7, 11) is -4.95. The lowest BCUT2D eigenvalue weighted by Crippen LogP contribution is -2.34. The molecule has 0 aliphatic rings. The topological polar surface area (TPSA) is 110 Å². The van der Waals surface area contributed by atoms with Gasteiger partial charge < -0.3 is 14.0 Å². The van der Waals surface area contributed by atoms with E-state index in [2.05, 4.69) is 4.74 Å². The van der Waals surface area contributed by atoms with Crippen molar-refractivity contribution in [2.24, 2.45) is 0 Å². The number of ether oxygens (including phenoxy) is 2. The molecule has 7 nitrogen and oxygen atoms in total. The smallest absolute Gasteiger partial charge is 0.323 e. The van der Waals surface area contributed by atoms with Crippen molar-refractivity contribution in [2.45, 2.75) is 51.2 Å². The quantitative estimate of drug-likeness (QED) is 0.336. The maximum Gasteiger partial charge on any atom is 0.323 e. The second-order valence-electron chi connectivity index (χ2n) is 4.28. The van der Waals surface area contributed by atoms with E-state index in [1.807, 2.05) is 13.8 Å². The van der Waals surface area contributed by atoms with Gasteiger partial charge in [0, 0.05) is 0 Å². The average Bonchev–Trinajstić information content (AvgIpc) is 2.35. The van der Waals surface area contributed by atoms with E-state index < -0.39 is 33.7 Å². The Morgan fingerprint density at radius 2 is 1.55 bits per heavy atom. The zero-order valence-corrected chi connectivity index (χ0v) is 12.6. The minimum Gasteiger partial charge on any atom is -0.747 e. The van der Waals surface area contributed by atoms with Crippen LogP contribution < -0.4 is 0 Å². The fourth-order valence-corrected chi connectivity index (χ4v) is 1.90. The summed E-state index contributed by atoms with van der Waals surface area (Å²) in [5, 5.41) is -2.03. The molecule has 1 atom stereocenters. The molecule has 0 radical (unpaired) electrons. The SMILES string of the molecule is CCCCOC(=O)CC(C(=O)OCCCC)S(=O)(=O)[O-]. The molecular weight excluding hydrogens is 288 g/mol. The molecule has 1 unspecified atom stereocenters. The number of carbonyl (C=O) groups is 2. The summed E-state index contributed by atoms with van der Waals surface area (Å²) in [6.07, 6.45) is 1.93. The third-order valence-electron chi connectivity index (χ3n) is 2.47. The maximum absolute atomic E-state index is 11.5. The van der Waals surface area contributed by atoms with E-state index in [-0.39, 0.29) is 13.2 Å². The highest BCUT2D eigenvalue weighted by molar-refractivity contribution is 7.87. The van der Waals surface area contributed by atoms with E-state index in [1.54, 1.807) is 0 Å². The maximum atomic E-state index is 11.5. The standard InChI is InChI=1S/C12H22O7S/c1-3-5-7-18-11(13)9-10(20(15,16)17)12(14)19-8-6-4-2/h10H,3-9H2,1-2H3,(H,15,16,17)/p-1. The summed E-state index contributed by atoms with van der Waals surface area (Å²) in [4.78, 5) is 22.9. The highest BCUT2D eigenvalue weighted by atomic mass is 32.2. The summed E-state index contributed by atoms with van der Waals surface area (Å²) in [6, 6.07) is 0. The normalized spacial score (nSPS) is 12.8. The van der Waals surface area contributed by atoms with Gasteiger partial charge in [-0.3, -0.25) is 9.59 Å². The number of hydrogen-bond acceptors (Lipinski definition) is 7. The first kappa shape index (κ1) is 18.9. The van der Waals surface area contributed by atoms with Crippen molar-refractivity contribution in [1.82, 2.24) is 0 Å². The number of carbonyl (C=O) groups excluding carboxylic acids is 2. The van der Waals surface area contributed by atoms with Gasteiger partial charge in [0.2, 0.25) is 0 Å². The number of rotatable bonds is 10. The van der Waals surface area contributed by atoms with Crippen LogP contribution in [0.15, 0.2) is 0 Å². The van der Waals surface area contributed by atoms with E-state index in [9.17, 15) is 22.6 Å². The van der Waals surface area contributed by atoms with Crippen molar-refractivity contribution < 1.29 is 32.0 Å². The van der Waals surface area contributed by atoms with Crippen molar-refractivity contribution in [2.75, 3.05) is 13.2 Å². The van der Waals surface area contributed by atoms with Gasteiger partial charge in [0.1, 0.15) is 10.1 Å².